The highest BCUT2D eigenvalue weighted by molar-refractivity contribution is 7.47. The van der Waals surface area contributed by atoms with E-state index >= 15 is 0 Å². The first-order valence-corrected chi connectivity index (χ1v) is 17.2. The maximum Gasteiger partial charge on any atom is 0.470 e. The molecule has 1 fully saturated rings. The molecule has 24 nitrogen and oxygen atoms in total. The van der Waals surface area contributed by atoms with Crippen LogP contribution in [0.3, 0.4) is 0 Å². The van der Waals surface area contributed by atoms with Crippen molar-refractivity contribution in [3.05, 3.63) is 0 Å². The Bertz CT molecular complexity index is 820. The van der Waals surface area contributed by atoms with Gasteiger partial charge in [-0.1, -0.05) is 0 Å². The zero-order chi connectivity index (χ0) is 28.7. The molecule has 1 unspecified atom stereocenters. The number of phosphoric acid groups is 6. The minimum absolute atomic E-state index is 0. The number of hydrogen-bond acceptors (Lipinski definition) is 12. The summed E-state index contributed by atoms with van der Waals surface area (Å²) in [6.07, 6.45) is -18.9. The van der Waals surface area contributed by atoms with Crippen LogP contribution in [0.5, 0.6) is 0 Å². The molecule has 0 heterocycles. The van der Waals surface area contributed by atoms with Gasteiger partial charge in [0.25, 0.3) is 0 Å². The van der Waals surface area contributed by atoms with E-state index in [1.165, 1.54) is 0 Å². The van der Waals surface area contributed by atoms with Crippen molar-refractivity contribution in [1.29, 1.82) is 0 Å². The maximum atomic E-state index is 11.4. The second-order valence-corrected chi connectivity index (χ2v) is 13.5. The molecule has 1 aliphatic carbocycles. The van der Waals surface area contributed by atoms with Gasteiger partial charge in [-0.25, -0.2) is 27.4 Å². The third-order valence-corrected chi connectivity index (χ3v) is 6.61. The lowest BCUT2D eigenvalue weighted by Gasteiger charge is -2.48. The summed E-state index contributed by atoms with van der Waals surface area (Å²) in [5.74, 6) is 0. The van der Waals surface area contributed by atoms with Crippen LogP contribution in [-0.4, -0.2) is 95.3 Å². The first kappa shape index (κ1) is 38.1. The molecular weight excluding hydrogens is 673 g/mol. The van der Waals surface area contributed by atoms with Crippen LogP contribution in [0.2, 0.25) is 0 Å². The molecule has 0 spiro atoms. The van der Waals surface area contributed by atoms with Crippen LogP contribution in [0, 0.1) is 0 Å². The lowest BCUT2D eigenvalue weighted by Crippen LogP contribution is -2.66. The molecule has 0 aromatic rings. The van der Waals surface area contributed by atoms with E-state index in [0.717, 1.165) is 0 Å². The third-order valence-electron chi connectivity index (χ3n) is 3.50. The molecule has 12 N–H and O–H groups in total. The fourth-order valence-corrected chi connectivity index (χ4v) is 6.14. The molecule has 0 amide bonds. The summed E-state index contributed by atoms with van der Waals surface area (Å²) < 4.78 is 93.1. The Labute approximate surface area is 207 Å². The van der Waals surface area contributed by atoms with Crippen molar-refractivity contribution in [3.8, 4) is 0 Å². The van der Waals surface area contributed by atoms with E-state index in [9.17, 15) is 27.4 Å². The highest BCUT2D eigenvalue weighted by Crippen LogP contribution is 2.57. The summed E-state index contributed by atoms with van der Waals surface area (Å²) in [6.45, 7) is 0. The smallest absolute Gasteiger partial charge is 0.303 e. The Morgan fingerprint density at radius 1 is 0.297 bits per heavy atom. The second kappa shape index (κ2) is 12.9. The fourth-order valence-electron chi connectivity index (χ4n) is 2.79. The van der Waals surface area contributed by atoms with Crippen molar-refractivity contribution >= 4 is 56.8 Å². The molecule has 37 heavy (non-hydrogen) atoms. The van der Waals surface area contributed by atoms with Gasteiger partial charge >= 0.3 is 46.9 Å². The Hall–Kier alpha value is 1.09. The highest BCUT2D eigenvalue weighted by Gasteiger charge is 2.62. The summed E-state index contributed by atoms with van der Waals surface area (Å²) in [4.78, 5) is 110. The number of phosphoric ester groups is 6. The molecule has 0 saturated heterocycles. The van der Waals surface area contributed by atoms with Crippen LogP contribution < -0.4 is 0 Å². The lowest BCUT2D eigenvalue weighted by atomic mass is 9.85. The molecule has 0 aliphatic heterocycles. The van der Waals surface area contributed by atoms with E-state index in [0.29, 0.717) is 0 Å². The molecule has 224 valence electrons. The summed E-state index contributed by atoms with van der Waals surface area (Å²) in [5, 5.41) is 0. The minimum Gasteiger partial charge on any atom is -0.303 e. The van der Waals surface area contributed by atoms with Crippen LogP contribution >= 0.6 is 56.8 Å². The van der Waals surface area contributed by atoms with E-state index in [2.05, 4.69) is 27.1 Å². The predicted molar refractivity (Wildman–Crippen MR) is 113 cm³/mol. The lowest BCUT2D eigenvalue weighted by molar-refractivity contribution is -0.202. The van der Waals surface area contributed by atoms with Gasteiger partial charge < -0.3 is 58.7 Å². The number of rotatable bonds is 12. The summed E-state index contributed by atoms with van der Waals surface area (Å²) in [7, 11) is -36.1. The van der Waals surface area contributed by atoms with Gasteiger partial charge in [0.2, 0.25) is 0 Å². The number of hydrogen-bond donors (Lipinski definition) is 12. The van der Waals surface area contributed by atoms with E-state index in [4.69, 9.17) is 58.7 Å². The van der Waals surface area contributed by atoms with Gasteiger partial charge in [-0.2, -0.15) is 9.90 Å². The van der Waals surface area contributed by atoms with Crippen molar-refractivity contribution in [2.75, 3.05) is 0 Å². The molecule has 1 atom stereocenters. The Morgan fingerprint density at radius 3 is 0.432 bits per heavy atom. The van der Waals surface area contributed by atoms with Crippen LogP contribution in [0.1, 0.15) is 0 Å². The van der Waals surface area contributed by atoms with Crippen molar-refractivity contribution < 1.29 is 113 Å². The average Bonchev–Trinajstić information content (AvgIpc) is 2.51. The Balaban J connectivity index is 0.0000130. The first-order valence-electron chi connectivity index (χ1n) is 8.01. The van der Waals surface area contributed by atoms with Gasteiger partial charge in [-0.05, 0) is 0 Å². The van der Waals surface area contributed by atoms with Crippen LogP contribution in [0.25, 0.3) is 0 Å². The second-order valence-electron chi connectivity index (χ2n) is 6.36. The summed E-state index contributed by atoms with van der Waals surface area (Å²) >= 11 is 0. The molecular formula is C6H21O24P7. The Morgan fingerprint density at radius 2 is 0.378 bits per heavy atom. The zero-order valence-electron chi connectivity index (χ0n) is 17.1. The van der Waals surface area contributed by atoms with Crippen molar-refractivity contribution in [2.45, 2.75) is 36.6 Å². The molecule has 1 aliphatic rings. The van der Waals surface area contributed by atoms with Crippen LogP contribution in [-0.2, 0) is 54.5 Å². The molecule has 0 radical (unpaired) electrons. The fraction of sp³-hybridized carbons (Fsp3) is 1.00. The van der Waals surface area contributed by atoms with Gasteiger partial charge in [0.1, 0.15) is 36.6 Å². The van der Waals surface area contributed by atoms with Gasteiger partial charge in [0.05, 0.1) is 0 Å². The summed E-state index contributed by atoms with van der Waals surface area (Å²) in [5.41, 5.74) is 0. The average molecular weight is 694 g/mol. The molecule has 1 rings (SSSR count). The third kappa shape index (κ3) is 15.0. The van der Waals surface area contributed by atoms with Crippen molar-refractivity contribution in [3.63, 3.8) is 0 Å². The quantitative estimate of drug-likeness (QED) is 0.0901. The SMILES string of the molecule is O=P(O)(O)O[C@H]1[C@H](OP(=O)(O)O)[C@@H](OP(=O)(O)O)[C@H](OP(=O)(O)O)[C@@H](OP(=O)(O)O)[C@H]1OP(=O)(O)O.P. The van der Waals surface area contributed by atoms with Gasteiger partial charge in [0, 0.05) is 0 Å². The van der Waals surface area contributed by atoms with Crippen molar-refractivity contribution in [1.82, 2.24) is 0 Å². The first-order chi connectivity index (χ1) is 15.6. The summed E-state index contributed by atoms with van der Waals surface area (Å²) in [6, 6.07) is 0. The van der Waals surface area contributed by atoms with Gasteiger partial charge in [0.15, 0.2) is 0 Å². The monoisotopic (exact) mass is 694 g/mol. The van der Waals surface area contributed by atoms with Gasteiger partial charge in [-0.3, -0.25) is 27.1 Å². The molecule has 0 aromatic heterocycles. The predicted octanol–water partition coefficient (Wildman–Crippen LogP) is -3.07. The molecule has 1 saturated carbocycles. The van der Waals surface area contributed by atoms with E-state index < -0.39 is 83.6 Å². The molecule has 31 heteroatoms. The van der Waals surface area contributed by atoms with Gasteiger partial charge in [-0.15, -0.1) is 0 Å². The normalized spacial score (nSPS) is 28.5. The standard InChI is InChI=1S/C6H18O24P6.H3P/c7-31(8,9)25-1-2(26-32(10,11)12)4(28-34(16,17)18)6(30-36(22,23)24)5(29-35(19,20)21)3(1)27-33(13,14)15;/h1-6H,(H2,7,8,9)(H2,10,11,12)(H2,13,14,15)(H2,16,17,18)(H2,19,20,21)(H2,22,23,24);1H3/t1-,2-,3-,4+,5-,6-;. The molecule has 0 bridgehead atoms. The Kier molecular flexibility index (Phi) is 13.3. The largest absolute Gasteiger partial charge is 0.470 e. The topological polar surface area (TPSA) is 401 Å². The minimum atomic E-state index is -6.02. The van der Waals surface area contributed by atoms with E-state index in [1.807, 2.05) is 0 Å². The van der Waals surface area contributed by atoms with E-state index in [-0.39, 0.29) is 9.90 Å². The molecule has 0 aromatic carbocycles. The highest BCUT2D eigenvalue weighted by atomic mass is 31.2. The zero-order valence-corrected chi connectivity index (χ0v) is 23.9. The maximum absolute atomic E-state index is 11.4. The van der Waals surface area contributed by atoms with Crippen LogP contribution in [0.4, 0.5) is 0 Å². The van der Waals surface area contributed by atoms with Crippen LogP contribution in [0.15, 0.2) is 0 Å². The van der Waals surface area contributed by atoms with E-state index in [1.54, 1.807) is 0 Å². The van der Waals surface area contributed by atoms with Crippen molar-refractivity contribution in [2.24, 2.45) is 0 Å².